The van der Waals surface area contributed by atoms with Gasteiger partial charge in [-0.3, -0.25) is 4.90 Å². The van der Waals surface area contributed by atoms with Gasteiger partial charge in [-0.1, -0.05) is 12.1 Å². The number of nitrogens with zero attached hydrogens (tertiary/aromatic N) is 2. The van der Waals surface area contributed by atoms with Gasteiger partial charge in [0.25, 0.3) is 0 Å². The van der Waals surface area contributed by atoms with Gasteiger partial charge in [-0.25, -0.2) is 8.78 Å². The van der Waals surface area contributed by atoms with E-state index in [0.29, 0.717) is 17.6 Å². The molecule has 3 atom stereocenters. The van der Waals surface area contributed by atoms with Gasteiger partial charge in [-0.2, -0.15) is 0 Å². The van der Waals surface area contributed by atoms with E-state index >= 15 is 0 Å². The molecule has 2 bridgehead atoms. The van der Waals surface area contributed by atoms with Crippen molar-refractivity contribution in [3.63, 3.8) is 0 Å². The van der Waals surface area contributed by atoms with Crippen LogP contribution in [0.5, 0.6) is 0 Å². The third-order valence-electron chi connectivity index (χ3n) is 5.62. The van der Waals surface area contributed by atoms with Crippen LogP contribution in [0, 0.1) is 17.6 Å². The summed E-state index contributed by atoms with van der Waals surface area (Å²) in [4.78, 5) is 4.87. The first-order valence-corrected chi connectivity index (χ1v) is 7.55. The van der Waals surface area contributed by atoms with Crippen molar-refractivity contribution >= 4 is 0 Å². The summed E-state index contributed by atoms with van der Waals surface area (Å²) in [7, 11) is 2.14. The zero-order valence-electron chi connectivity index (χ0n) is 11.7. The Morgan fingerprint density at radius 1 is 1.10 bits per heavy atom. The number of hydrogen-bond acceptors (Lipinski definition) is 2. The van der Waals surface area contributed by atoms with Gasteiger partial charge in [0.1, 0.15) is 0 Å². The van der Waals surface area contributed by atoms with E-state index in [9.17, 15) is 8.78 Å². The van der Waals surface area contributed by atoms with Crippen LogP contribution in [0.1, 0.15) is 24.3 Å². The molecule has 1 aromatic rings. The molecule has 4 heterocycles. The number of piperidine rings is 3. The number of likely N-dealkylation sites (tertiary alicyclic amines) is 1. The van der Waals surface area contributed by atoms with E-state index in [2.05, 4.69) is 16.8 Å². The maximum Gasteiger partial charge on any atom is 0.162 e. The Bertz CT molecular complexity index is 525. The zero-order chi connectivity index (χ0) is 13.9. The normalized spacial score (nSPS) is 40.0. The standard InChI is InChI=1S/C16H20F2N2/c1-19-9-12(11-3-2-4-13(17)14(11)18)16-15(19)10-5-7-20(16)8-6-10/h2-4,10,12,15-16H,5-9H2,1H3/t12-,15-,16-/m1/s1. The van der Waals surface area contributed by atoms with Gasteiger partial charge in [0.2, 0.25) is 0 Å². The van der Waals surface area contributed by atoms with Crippen LogP contribution in [0.15, 0.2) is 18.2 Å². The molecule has 4 aliphatic heterocycles. The lowest BCUT2D eigenvalue weighted by atomic mass is 9.75. The molecule has 4 aliphatic rings. The minimum absolute atomic E-state index is 0.101. The van der Waals surface area contributed by atoms with E-state index in [1.165, 1.54) is 18.9 Å². The van der Waals surface area contributed by atoms with Crippen molar-refractivity contribution in [1.29, 1.82) is 0 Å². The summed E-state index contributed by atoms with van der Waals surface area (Å²) in [6.07, 6.45) is 2.51. The molecule has 0 spiro atoms. The maximum atomic E-state index is 14.2. The van der Waals surface area contributed by atoms with Gasteiger partial charge < -0.3 is 4.90 Å². The molecule has 0 amide bonds. The molecular formula is C16H20F2N2. The van der Waals surface area contributed by atoms with E-state index in [4.69, 9.17) is 0 Å². The maximum absolute atomic E-state index is 14.2. The topological polar surface area (TPSA) is 6.48 Å². The smallest absolute Gasteiger partial charge is 0.162 e. The molecule has 0 aromatic heterocycles. The van der Waals surface area contributed by atoms with Crippen molar-refractivity contribution in [2.75, 3.05) is 26.7 Å². The Hall–Kier alpha value is -1.00. The monoisotopic (exact) mass is 278 g/mol. The Morgan fingerprint density at radius 3 is 2.60 bits per heavy atom. The van der Waals surface area contributed by atoms with Crippen LogP contribution >= 0.6 is 0 Å². The Labute approximate surface area is 118 Å². The molecule has 4 heteroatoms. The van der Waals surface area contributed by atoms with Crippen LogP contribution in [0.4, 0.5) is 8.78 Å². The second-order valence-electron chi connectivity index (χ2n) is 6.54. The van der Waals surface area contributed by atoms with Crippen LogP contribution in [-0.4, -0.2) is 48.6 Å². The Kier molecular flexibility index (Phi) is 2.86. The van der Waals surface area contributed by atoms with E-state index in [1.54, 1.807) is 12.1 Å². The number of rotatable bonds is 1. The average Bonchev–Trinajstić information content (AvgIpc) is 2.83. The minimum atomic E-state index is -0.718. The zero-order valence-corrected chi connectivity index (χ0v) is 11.7. The minimum Gasteiger partial charge on any atom is -0.301 e. The molecule has 2 nitrogen and oxygen atoms in total. The number of benzene rings is 1. The fourth-order valence-electron chi connectivity index (χ4n) is 4.80. The fraction of sp³-hybridized carbons (Fsp3) is 0.625. The second kappa shape index (κ2) is 4.50. The molecule has 5 rings (SSSR count). The molecule has 0 saturated carbocycles. The molecule has 4 fully saturated rings. The SMILES string of the molecule is CN1C[C@H](c2cccc(F)c2F)[C@@H]2[C@H]1C1CCN2CC1. The molecule has 0 aliphatic carbocycles. The highest BCUT2D eigenvalue weighted by Crippen LogP contribution is 2.46. The van der Waals surface area contributed by atoms with Gasteiger partial charge in [0.05, 0.1) is 0 Å². The molecule has 108 valence electrons. The van der Waals surface area contributed by atoms with Crippen LogP contribution in [-0.2, 0) is 0 Å². The van der Waals surface area contributed by atoms with Crippen LogP contribution in [0.2, 0.25) is 0 Å². The van der Waals surface area contributed by atoms with Crippen molar-refractivity contribution in [2.45, 2.75) is 30.8 Å². The first kappa shape index (κ1) is 12.7. The molecule has 4 saturated heterocycles. The first-order chi connectivity index (χ1) is 9.66. The Morgan fingerprint density at radius 2 is 1.85 bits per heavy atom. The van der Waals surface area contributed by atoms with Crippen molar-refractivity contribution in [2.24, 2.45) is 5.92 Å². The number of likely N-dealkylation sites (N-methyl/N-ethyl adjacent to an activating group) is 1. The average molecular weight is 278 g/mol. The van der Waals surface area contributed by atoms with Crippen molar-refractivity contribution in [1.82, 2.24) is 9.80 Å². The van der Waals surface area contributed by atoms with Crippen LogP contribution in [0.25, 0.3) is 0 Å². The van der Waals surface area contributed by atoms with E-state index in [-0.39, 0.29) is 5.92 Å². The van der Waals surface area contributed by atoms with E-state index < -0.39 is 11.6 Å². The van der Waals surface area contributed by atoms with Crippen LogP contribution in [0.3, 0.4) is 0 Å². The van der Waals surface area contributed by atoms with Gasteiger partial charge in [-0.15, -0.1) is 0 Å². The summed E-state index contributed by atoms with van der Waals surface area (Å²) in [6, 6.07) is 5.50. The van der Waals surface area contributed by atoms with Crippen LogP contribution < -0.4 is 0 Å². The molecule has 0 unspecified atom stereocenters. The highest BCUT2D eigenvalue weighted by molar-refractivity contribution is 5.29. The molecule has 0 N–H and O–H groups in total. The predicted molar refractivity (Wildman–Crippen MR) is 73.6 cm³/mol. The lowest BCUT2D eigenvalue weighted by molar-refractivity contribution is -0.0000354. The van der Waals surface area contributed by atoms with Gasteiger partial charge >= 0.3 is 0 Å². The van der Waals surface area contributed by atoms with Crippen molar-refractivity contribution < 1.29 is 8.78 Å². The molecule has 0 radical (unpaired) electrons. The molecule has 1 aromatic carbocycles. The summed E-state index contributed by atoms with van der Waals surface area (Å²) in [5.74, 6) is -0.529. The lowest BCUT2D eigenvalue weighted by Crippen LogP contribution is -2.59. The third-order valence-corrected chi connectivity index (χ3v) is 5.62. The third kappa shape index (κ3) is 1.67. The summed E-state index contributed by atoms with van der Waals surface area (Å²) >= 11 is 0. The van der Waals surface area contributed by atoms with Gasteiger partial charge in [0.15, 0.2) is 11.6 Å². The fourth-order valence-corrected chi connectivity index (χ4v) is 4.80. The number of fused-ring (bicyclic) bond motifs is 2. The molecular weight excluding hydrogens is 258 g/mol. The van der Waals surface area contributed by atoms with Gasteiger partial charge in [-0.05, 0) is 50.5 Å². The second-order valence-corrected chi connectivity index (χ2v) is 6.54. The summed E-state index contributed by atoms with van der Waals surface area (Å²) < 4.78 is 27.7. The van der Waals surface area contributed by atoms with Crippen molar-refractivity contribution in [3.8, 4) is 0 Å². The largest absolute Gasteiger partial charge is 0.301 e. The predicted octanol–water partition coefficient (Wildman–Crippen LogP) is 2.46. The lowest BCUT2D eigenvalue weighted by Gasteiger charge is -2.51. The first-order valence-electron chi connectivity index (χ1n) is 7.55. The number of hydrogen-bond donors (Lipinski definition) is 0. The van der Waals surface area contributed by atoms with Gasteiger partial charge in [0, 0.05) is 24.5 Å². The quantitative estimate of drug-likeness (QED) is 0.778. The van der Waals surface area contributed by atoms with E-state index in [0.717, 1.165) is 25.6 Å². The van der Waals surface area contributed by atoms with Crippen molar-refractivity contribution in [3.05, 3.63) is 35.4 Å². The highest BCUT2D eigenvalue weighted by atomic mass is 19.2. The summed E-state index contributed by atoms with van der Waals surface area (Å²) in [6.45, 7) is 3.07. The molecule has 20 heavy (non-hydrogen) atoms. The Balaban J connectivity index is 1.74. The highest BCUT2D eigenvalue weighted by Gasteiger charge is 2.52. The number of halogens is 2. The summed E-state index contributed by atoms with van der Waals surface area (Å²) in [5.41, 5.74) is 0.567. The summed E-state index contributed by atoms with van der Waals surface area (Å²) in [5, 5.41) is 0. The van der Waals surface area contributed by atoms with E-state index in [1.807, 2.05) is 0 Å².